The molecule has 2 N–H and O–H groups in total. The Morgan fingerprint density at radius 3 is 2.55 bits per heavy atom. The van der Waals surface area contributed by atoms with Gasteiger partial charge in [-0.25, -0.2) is 4.39 Å². The average molecular weight is 273 g/mol. The molecule has 0 aliphatic carbocycles. The largest absolute Gasteiger partial charge is 0.507 e. The maximum absolute atomic E-state index is 13.1. The van der Waals surface area contributed by atoms with E-state index >= 15 is 0 Å². The lowest BCUT2D eigenvalue weighted by Gasteiger charge is -2.08. The molecule has 20 heavy (non-hydrogen) atoms. The van der Waals surface area contributed by atoms with E-state index in [4.69, 9.17) is 0 Å². The number of hydrogen-bond donors (Lipinski definition) is 2. The molecule has 0 aromatic heterocycles. The van der Waals surface area contributed by atoms with E-state index in [0.29, 0.717) is 5.69 Å². The van der Waals surface area contributed by atoms with Gasteiger partial charge >= 0.3 is 0 Å². The van der Waals surface area contributed by atoms with Crippen LogP contribution in [-0.4, -0.2) is 11.0 Å². The van der Waals surface area contributed by atoms with E-state index in [0.717, 1.165) is 31.0 Å². The molecule has 0 saturated carbocycles. The Bertz CT molecular complexity index is 608. The number of benzene rings is 2. The number of anilines is 1. The zero-order valence-electron chi connectivity index (χ0n) is 11.2. The van der Waals surface area contributed by atoms with E-state index < -0.39 is 11.7 Å². The van der Waals surface area contributed by atoms with Gasteiger partial charge in [0.25, 0.3) is 5.91 Å². The fraction of sp³-hybridized carbons (Fsp3) is 0.188. The number of aromatic hydroxyl groups is 1. The van der Waals surface area contributed by atoms with Crippen LogP contribution in [0.3, 0.4) is 0 Å². The molecular formula is C16H16FNO2. The van der Waals surface area contributed by atoms with E-state index in [-0.39, 0.29) is 11.3 Å². The minimum Gasteiger partial charge on any atom is -0.507 e. The number of amides is 1. The summed E-state index contributed by atoms with van der Waals surface area (Å²) in [5.74, 6) is -1.34. The summed E-state index contributed by atoms with van der Waals surface area (Å²) in [5, 5.41) is 12.2. The van der Waals surface area contributed by atoms with Gasteiger partial charge in [0, 0.05) is 5.69 Å². The van der Waals surface area contributed by atoms with Gasteiger partial charge in [0.2, 0.25) is 0 Å². The van der Waals surface area contributed by atoms with Crippen LogP contribution >= 0.6 is 0 Å². The second-order valence-electron chi connectivity index (χ2n) is 4.56. The number of halogens is 1. The van der Waals surface area contributed by atoms with Gasteiger partial charge in [-0.3, -0.25) is 4.79 Å². The molecule has 3 nitrogen and oxygen atoms in total. The van der Waals surface area contributed by atoms with Crippen LogP contribution in [-0.2, 0) is 6.42 Å². The zero-order valence-corrected chi connectivity index (χ0v) is 11.2. The Balaban J connectivity index is 2.13. The van der Waals surface area contributed by atoms with Gasteiger partial charge in [-0.2, -0.15) is 0 Å². The van der Waals surface area contributed by atoms with Crippen molar-refractivity contribution in [1.29, 1.82) is 0 Å². The summed E-state index contributed by atoms with van der Waals surface area (Å²) in [6.07, 6.45) is 2.04. The van der Waals surface area contributed by atoms with Gasteiger partial charge in [0.1, 0.15) is 11.6 Å². The molecule has 0 unspecified atom stereocenters. The highest BCUT2D eigenvalue weighted by Crippen LogP contribution is 2.20. The number of aryl methyl sites for hydroxylation is 1. The minimum absolute atomic E-state index is 0.0809. The third-order valence-electron chi connectivity index (χ3n) is 2.95. The molecule has 0 saturated heterocycles. The quantitative estimate of drug-likeness (QED) is 0.891. The number of phenols is 1. The molecule has 0 bridgehead atoms. The number of nitrogens with one attached hydrogen (secondary N) is 1. The van der Waals surface area contributed by atoms with Crippen molar-refractivity contribution < 1.29 is 14.3 Å². The van der Waals surface area contributed by atoms with Crippen LogP contribution < -0.4 is 5.32 Å². The molecule has 2 aromatic rings. The van der Waals surface area contributed by atoms with E-state index in [1.54, 1.807) is 12.1 Å². The molecule has 0 atom stereocenters. The van der Waals surface area contributed by atoms with Crippen molar-refractivity contribution in [2.45, 2.75) is 19.8 Å². The molecule has 0 radical (unpaired) electrons. The lowest BCUT2D eigenvalue weighted by molar-refractivity contribution is 0.102. The Hall–Kier alpha value is -2.36. The first kappa shape index (κ1) is 14.1. The predicted molar refractivity (Wildman–Crippen MR) is 76.5 cm³/mol. The highest BCUT2D eigenvalue weighted by Gasteiger charge is 2.12. The second-order valence-corrected chi connectivity index (χ2v) is 4.56. The summed E-state index contributed by atoms with van der Waals surface area (Å²) in [5.41, 5.74) is 1.72. The van der Waals surface area contributed by atoms with Gasteiger partial charge in [0.15, 0.2) is 0 Å². The Kier molecular flexibility index (Phi) is 4.35. The van der Waals surface area contributed by atoms with Crippen LogP contribution in [0.2, 0.25) is 0 Å². The molecule has 0 heterocycles. The van der Waals surface area contributed by atoms with Crippen LogP contribution in [0.4, 0.5) is 10.1 Å². The summed E-state index contributed by atoms with van der Waals surface area (Å²) in [4.78, 5) is 12.0. The van der Waals surface area contributed by atoms with Crippen molar-refractivity contribution in [3.63, 3.8) is 0 Å². The summed E-state index contributed by atoms with van der Waals surface area (Å²) in [7, 11) is 0. The molecule has 1 amide bonds. The van der Waals surface area contributed by atoms with Gasteiger partial charge in [-0.1, -0.05) is 25.5 Å². The Morgan fingerprint density at radius 1 is 1.20 bits per heavy atom. The molecule has 0 aliphatic rings. The number of carbonyl (C=O) groups is 1. The van der Waals surface area contributed by atoms with Crippen molar-refractivity contribution in [3.8, 4) is 5.75 Å². The molecule has 0 aliphatic heterocycles. The first-order chi connectivity index (χ1) is 9.60. The van der Waals surface area contributed by atoms with Crippen LogP contribution in [0.25, 0.3) is 0 Å². The minimum atomic E-state index is -0.564. The zero-order chi connectivity index (χ0) is 14.5. The van der Waals surface area contributed by atoms with Gasteiger partial charge in [-0.05, 0) is 42.3 Å². The molecule has 2 rings (SSSR count). The lowest BCUT2D eigenvalue weighted by atomic mass is 10.1. The number of rotatable bonds is 4. The standard InChI is InChI=1S/C16H16FNO2/c1-2-3-11-4-7-13(8-5-11)18-16(20)14-10-12(17)6-9-15(14)19/h4-10,19H,2-3H2,1H3,(H,18,20). The molecule has 104 valence electrons. The number of carbonyl (C=O) groups excluding carboxylic acids is 1. The van der Waals surface area contributed by atoms with Crippen LogP contribution in [0.5, 0.6) is 5.75 Å². The monoisotopic (exact) mass is 273 g/mol. The van der Waals surface area contributed by atoms with Crippen molar-refractivity contribution in [1.82, 2.24) is 0 Å². The van der Waals surface area contributed by atoms with Gasteiger partial charge in [0.05, 0.1) is 5.56 Å². The Morgan fingerprint density at radius 2 is 1.90 bits per heavy atom. The first-order valence-corrected chi connectivity index (χ1v) is 6.49. The SMILES string of the molecule is CCCc1ccc(NC(=O)c2cc(F)ccc2O)cc1. The highest BCUT2D eigenvalue weighted by atomic mass is 19.1. The van der Waals surface area contributed by atoms with Crippen molar-refractivity contribution >= 4 is 11.6 Å². The normalized spacial score (nSPS) is 10.3. The van der Waals surface area contributed by atoms with Gasteiger partial charge < -0.3 is 10.4 Å². The maximum atomic E-state index is 13.1. The second kappa shape index (κ2) is 6.19. The predicted octanol–water partition coefficient (Wildman–Crippen LogP) is 3.74. The third-order valence-corrected chi connectivity index (χ3v) is 2.95. The van der Waals surface area contributed by atoms with Crippen molar-refractivity contribution in [2.75, 3.05) is 5.32 Å². The van der Waals surface area contributed by atoms with E-state index in [1.165, 1.54) is 5.56 Å². The first-order valence-electron chi connectivity index (χ1n) is 6.49. The van der Waals surface area contributed by atoms with Crippen molar-refractivity contribution in [2.24, 2.45) is 0 Å². The molecular weight excluding hydrogens is 257 g/mol. The molecule has 4 heteroatoms. The number of phenolic OH excluding ortho intramolecular Hbond substituents is 1. The van der Waals surface area contributed by atoms with Crippen molar-refractivity contribution in [3.05, 3.63) is 59.4 Å². The lowest BCUT2D eigenvalue weighted by Crippen LogP contribution is -2.12. The van der Waals surface area contributed by atoms with Crippen LogP contribution in [0, 0.1) is 5.82 Å². The topological polar surface area (TPSA) is 49.3 Å². The third kappa shape index (κ3) is 3.35. The fourth-order valence-corrected chi connectivity index (χ4v) is 1.93. The van der Waals surface area contributed by atoms with Crippen LogP contribution in [0.1, 0.15) is 29.3 Å². The summed E-state index contributed by atoms with van der Waals surface area (Å²) in [6.45, 7) is 2.10. The van der Waals surface area contributed by atoms with Gasteiger partial charge in [-0.15, -0.1) is 0 Å². The smallest absolute Gasteiger partial charge is 0.259 e. The average Bonchev–Trinajstić information content (AvgIpc) is 2.44. The summed E-state index contributed by atoms with van der Waals surface area (Å²) >= 11 is 0. The number of hydrogen-bond acceptors (Lipinski definition) is 2. The highest BCUT2D eigenvalue weighted by molar-refractivity contribution is 6.06. The van der Waals surface area contributed by atoms with E-state index in [1.807, 2.05) is 12.1 Å². The maximum Gasteiger partial charge on any atom is 0.259 e. The van der Waals surface area contributed by atoms with E-state index in [9.17, 15) is 14.3 Å². The Labute approximate surface area is 117 Å². The molecule has 0 fully saturated rings. The van der Waals surface area contributed by atoms with Crippen LogP contribution in [0.15, 0.2) is 42.5 Å². The molecule has 2 aromatic carbocycles. The molecule has 0 spiro atoms. The van der Waals surface area contributed by atoms with E-state index in [2.05, 4.69) is 12.2 Å². The summed E-state index contributed by atoms with van der Waals surface area (Å²) in [6, 6.07) is 10.7. The fourth-order valence-electron chi connectivity index (χ4n) is 1.93. The summed E-state index contributed by atoms with van der Waals surface area (Å²) < 4.78 is 13.1.